The lowest BCUT2D eigenvalue weighted by molar-refractivity contribution is 0.487. The largest absolute Gasteiger partial charge is 0.329 e. The minimum absolute atomic E-state index is 0.260. The lowest BCUT2D eigenvalue weighted by Crippen LogP contribution is -2.44. The Morgan fingerprint density at radius 3 is 1.93 bits per heavy atom. The van der Waals surface area contributed by atoms with Crippen LogP contribution in [0.5, 0.6) is 0 Å². The summed E-state index contributed by atoms with van der Waals surface area (Å²) < 4.78 is 0. The van der Waals surface area contributed by atoms with Gasteiger partial charge in [-0.3, -0.25) is 5.32 Å². The number of nitrogens with zero attached hydrogens (tertiary/aromatic N) is 4. The molecule has 1 unspecified atom stereocenters. The van der Waals surface area contributed by atoms with Crippen molar-refractivity contribution in [1.29, 1.82) is 21.0 Å². The zero-order chi connectivity index (χ0) is 11.0. The Morgan fingerprint density at radius 1 is 1.14 bits per heavy atom. The van der Waals surface area contributed by atoms with Gasteiger partial charge in [0.2, 0.25) is 0 Å². The van der Waals surface area contributed by atoms with Crippen LogP contribution < -0.4 is 11.1 Å². The Morgan fingerprint density at radius 2 is 1.64 bits per heavy atom. The fourth-order valence-corrected chi connectivity index (χ4v) is 0.792. The van der Waals surface area contributed by atoms with Crippen LogP contribution in [0.2, 0.25) is 0 Å². The number of nitrogens with one attached hydrogen (secondary N) is 1. The molecule has 0 aliphatic heterocycles. The summed E-state index contributed by atoms with van der Waals surface area (Å²) in [5.74, 6) is 0. The van der Waals surface area contributed by atoms with Crippen LogP contribution in [0.15, 0.2) is 0 Å². The highest BCUT2D eigenvalue weighted by Gasteiger charge is 2.40. The van der Waals surface area contributed by atoms with E-state index in [1.807, 2.05) is 0 Å². The van der Waals surface area contributed by atoms with Gasteiger partial charge in [-0.15, -0.1) is 0 Å². The Hall–Kier alpha value is -2.12. The van der Waals surface area contributed by atoms with Crippen LogP contribution >= 0.6 is 0 Å². The van der Waals surface area contributed by atoms with Crippen LogP contribution in [0.1, 0.15) is 0 Å². The molecule has 0 aromatic rings. The third-order valence-corrected chi connectivity index (χ3v) is 1.58. The van der Waals surface area contributed by atoms with Crippen molar-refractivity contribution in [2.24, 2.45) is 11.1 Å². The standard InChI is InChI=1S/C8H8N6/c9-1-2-14-7(3-10)8(4-11,5-12)6-13/h7,14H,1-2,9H2. The molecule has 0 rings (SSSR count). The summed E-state index contributed by atoms with van der Waals surface area (Å²) in [6.45, 7) is 0.529. The molecule has 6 nitrogen and oxygen atoms in total. The third-order valence-electron chi connectivity index (χ3n) is 1.58. The molecule has 0 fully saturated rings. The molecule has 0 amide bonds. The Balaban J connectivity index is 4.86. The predicted molar refractivity (Wildman–Crippen MR) is 45.7 cm³/mol. The number of nitriles is 4. The summed E-state index contributed by atoms with van der Waals surface area (Å²) in [6.07, 6.45) is 0. The Kier molecular flexibility index (Phi) is 4.68. The van der Waals surface area contributed by atoms with Crippen LogP contribution in [-0.2, 0) is 0 Å². The molecule has 0 radical (unpaired) electrons. The van der Waals surface area contributed by atoms with Crippen LogP contribution in [-0.4, -0.2) is 19.1 Å². The van der Waals surface area contributed by atoms with Crippen LogP contribution in [0.3, 0.4) is 0 Å². The highest BCUT2D eigenvalue weighted by Crippen LogP contribution is 2.18. The van der Waals surface area contributed by atoms with Crippen molar-refractivity contribution in [1.82, 2.24) is 5.32 Å². The Bertz CT molecular complexity index is 310. The van der Waals surface area contributed by atoms with Crippen LogP contribution in [0.25, 0.3) is 0 Å². The van der Waals surface area contributed by atoms with E-state index >= 15 is 0 Å². The van der Waals surface area contributed by atoms with Gasteiger partial charge in [-0.1, -0.05) is 0 Å². The number of hydrogen-bond acceptors (Lipinski definition) is 6. The van der Waals surface area contributed by atoms with E-state index in [1.165, 1.54) is 18.2 Å². The van der Waals surface area contributed by atoms with Gasteiger partial charge in [-0.2, -0.15) is 21.0 Å². The van der Waals surface area contributed by atoms with Gasteiger partial charge in [-0.05, 0) is 0 Å². The van der Waals surface area contributed by atoms with Gasteiger partial charge < -0.3 is 5.73 Å². The minimum Gasteiger partial charge on any atom is -0.329 e. The topological polar surface area (TPSA) is 133 Å². The van der Waals surface area contributed by atoms with Crippen molar-refractivity contribution in [3.63, 3.8) is 0 Å². The number of hydrogen-bond donors (Lipinski definition) is 2. The maximum atomic E-state index is 8.67. The fraction of sp³-hybridized carbons (Fsp3) is 0.500. The molecule has 6 heteroatoms. The first-order chi connectivity index (χ1) is 6.70. The molecule has 0 saturated heterocycles. The van der Waals surface area contributed by atoms with Crippen LogP contribution in [0, 0.1) is 50.7 Å². The molecular formula is C8H8N6. The molecule has 1 atom stereocenters. The lowest BCUT2D eigenvalue weighted by Gasteiger charge is -2.16. The first-order valence-corrected chi connectivity index (χ1v) is 3.77. The van der Waals surface area contributed by atoms with Gasteiger partial charge >= 0.3 is 0 Å². The van der Waals surface area contributed by atoms with E-state index in [4.69, 9.17) is 26.8 Å². The minimum atomic E-state index is -1.97. The second kappa shape index (κ2) is 5.51. The highest BCUT2D eigenvalue weighted by atomic mass is 14.9. The van der Waals surface area contributed by atoms with E-state index < -0.39 is 11.5 Å². The summed E-state index contributed by atoms with van der Waals surface area (Å²) in [7, 11) is 0. The molecule has 0 aliphatic carbocycles. The zero-order valence-corrected chi connectivity index (χ0v) is 7.36. The van der Waals surface area contributed by atoms with Crippen LogP contribution in [0.4, 0.5) is 0 Å². The quantitative estimate of drug-likeness (QED) is 0.580. The predicted octanol–water partition coefficient (Wildman–Crippen LogP) is -1.02. The molecule has 70 valence electrons. The smallest absolute Gasteiger partial charge is 0.256 e. The summed E-state index contributed by atoms with van der Waals surface area (Å²) >= 11 is 0. The van der Waals surface area contributed by atoms with Crippen molar-refractivity contribution < 1.29 is 0 Å². The molecule has 0 aliphatic rings. The highest BCUT2D eigenvalue weighted by molar-refractivity contribution is 5.33. The normalized spacial score (nSPS) is 11.5. The molecule has 0 aromatic heterocycles. The third kappa shape index (κ3) is 2.19. The summed E-state index contributed by atoms with van der Waals surface area (Å²) in [5, 5.41) is 37.2. The van der Waals surface area contributed by atoms with Gasteiger partial charge in [0, 0.05) is 13.1 Å². The summed E-state index contributed by atoms with van der Waals surface area (Å²) in [6, 6.07) is 5.13. The van der Waals surface area contributed by atoms with E-state index in [0.29, 0.717) is 0 Å². The second-order valence-corrected chi connectivity index (χ2v) is 2.45. The monoisotopic (exact) mass is 188 g/mol. The molecule has 0 aromatic carbocycles. The van der Waals surface area contributed by atoms with Gasteiger partial charge in [0.25, 0.3) is 5.41 Å². The fourth-order valence-electron chi connectivity index (χ4n) is 0.792. The average Bonchev–Trinajstić information content (AvgIpc) is 2.25. The molecule has 0 bridgehead atoms. The maximum Gasteiger partial charge on any atom is 0.256 e. The molecular weight excluding hydrogens is 180 g/mol. The molecule has 14 heavy (non-hydrogen) atoms. The number of rotatable bonds is 4. The maximum absolute atomic E-state index is 8.67. The van der Waals surface area contributed by atoms with E-state index in [9.17, 15) is 0 Å². The molecule has 0 spiro atoms. The molecule has 0 heterocycles. The van der Waals surface area contributed by atoms with Crippen molar-refractivity contribution in [3.8, 4) is 24.3 Å². The first-order valence-electron chi connectivity index (χ1n) is 3.77. The van der Waals surface area contributed by atoms with Crippen molar-refractivity contribution >= 4 is 0 Å². The summed E-state index contributed by atoms with van der Waals surface area (Å²) in [4.78, 5) is 0. The Labute approximate surface area is 81.8 Å². The molecule has 0 saturated carbocycles. The van der Waals surface area contributed by atoms with Crippen molar-refractivity contribution in [2.75, 3.05) is 13.1 Å². The van der Waals surface area contributed by atoms with Crippen molar-refractivity contribution in [2.45, 2.75) is 6.04 Å². The SMILES string of the molecule is N#CC(NCCN)C(C#N)(C#N)C#N. The van der Waals surface area contributed by atoms with E-state index in [2.05, 4.69) is 5.32 Å². The lowest BCUT2D eigenvalue weighted by atomic mass is 9.85. The van der Waals surface area contributed by atoms with Gasteiger partial charge in [0.05, 0.1) is 6.07 Å². The van der Waals surface area contributed by atoms with Gasteiger partial charge in [0.15, 0.2) is 0 Å². The summed E-state index contributed by atoms with van der Waals surface area (Å²) in [5.41, 5.74) is 3.21. The van der Waals surface area contributed by atoms with Gasteiger partial charge in [0.1, 0.15) is 24.2 Å². The zero-order valence-electron chi connectivity index (χ0n) is 7.36. The second-order valence-electron chi connectivity index (χ2n) is 2.45. The molecule has 3 N–H and O–H groups in total. The van der Waals surface area contributed by atoms with Gasteiger partial charge in [-0.25, -0.2) is 0 Å². The average molecular weight is 188 g/mol. The first kappa shape index (κ1) is 11.9. The number of nitrogens with two attached hydrogens (primary N) is 1. The van der Waals surface area contributed by atoms with E-state index in [1.54, 1.807) is 6.07 Å². The van der Waals surface area contributed by atoms with Crippen molar-refractivity contribution in [3.05, 3.63) is 0 Å². The van der Waals surface area contributed by atoms with E-state index in [0.717, 1.165) is 0 Å². The van der Waals surface area contributed by atoms with E-state index in [-0.39, 0.29) is 13.1 Å².